The zero-order chi connectivity index (χ0) is 16.4. The van der Waals surface area contributed by atoms with Crippen LogP contribution in [-0.2, 0) is 4.74 Å². The van der Waals surface area contributed by atoms with Crippen LogP contribution in [0.25, 0.3) is 0 Å². The van der Waals surface area contributed by atoms with Gasteiger partial charge in [0.15, 0.2) is 0 Å². The zero-order valence-corrected chi connectivity index (χ0v) is 13.3. The molecule has 1 aromatic heterocycles. The summed E-state index contributed by atoms with van der Waals surface area (Å²) in [4.78, 5) is 16.5. The van der Waals surface area contributed by atoms with Crippen molar-refractivity contribution in [3.63, 3.8) is 0 Å². The maximum absolute atomic E-state index is 12.9. The minimum atomic E-state index is -2.80. The highest BCUT2D eigenvalue weighted by molar-refractivity contribution is 5.92. The first kappa shape index (κ1) is 16.3. The van der Waals surface area contributed by atoms with Crippen molar-refractivity contribution in [2.75, 3.05) is 39.4 Å². The number of likely N-dealkylation sites (tertiary alicyclic amines) is 1. The normalized spacial score (nSPS) is 22.5. The molecule has 8 heteroatoms. The van der Waals surface area contributed by atoms with E-state index < -0.39 is 6.55 Å². The molecular weight excluding hydrogens is 306 g/mol. The van der Waals surface area contributed by atoms with Crippen molar-refractivity contribution >= 4 is 5.91 Å². The van der Waals surface area contributed by atoms with Crippen molar-refractivity contribution < 1.29 is 18.3 Å². The number of morpholine rings is 1. The first-order valence-corrected chi connectivity index (χ1v) is 7.95. The molecule has 1 aromatic rings. The number of rotatable bonds is 3. The molecule has 23 heavy (non-hydrogen) atoms. The lowest BCUT2D eigenvalue weighted by molar-refractivity contribution is -0.0375. The summed E-state index contributed by atoms with van der Waals surface area (Å²) in [5.41, 5.74) is -0.00116. The van der Waals surface area contributed by atoms with Gasteiger partial charge in [-0.2, -0.15) is 18.6 Å². The Balaban J connectivity index is 1.64. The van der Waals surface area contributed by atoms with Gasteiger partial charge in [0.1, 0.15) is 5.69 Å². The lowest BCUT2D eigenvalue weighted by Crippen LogP contribution is -2.57. The van der Waals surface area contributed by atoms with Crippen LogP contribution in [0.2, 0.25) is 0 Å². The molecule has 0 aliphatic carbocycles. The Morgan fingerprint density at radius 3 is 2.52 bits per heavy atom. The minimum Gasteiger partial charge on any atom is -0.379 e. The predicted molar refractivity (Wildman–Crippen MR) is 79.4 cm³/mol. The van der Waals surface area contributed by atoms with Crippen LogP contribution >= 0.6 is 0 Å². The monoisotopic (exact) mass is 328 g/mol. The Kier molecular flexibility index (Phi) is 4.63. The fourth-order valence-electron chi connectivity index (χ4n) is 3.41. The first-order valence-electron chi connectivity index (χ1n) is 7.95. The molecule has 3 heterocycles. The second-order valence-corrected chi connectivity index (χ2v) is 6.33. The molecule has 0 N–H and O–H groups in total. The molecule has 2 saturated heterocycles. The Labute approximate surface area is 134 Å². The molecule has 0 radical (unpaired) electrons. The maximum atomic E-state index is 12.9. The van der Waals surface area contributed by atoms with Crippen molar-refractivity contribution in [2.45, 2.75) is 31.9 Å². The van der Waals surface area contributed by atoms with E-state index in [1.807, 2.05) is 0 Å². The predicted octanol–water partition coefficient (Wildman–Crippen LogP) is 1.61. The topological polar surface area (TPSA) is 50.6 Å². The van der Waals surface area contributed by atoms with Crippen LogP contribution < -0.4 is 0 Å². The van der Waals surface area contributed by atoms with Gasteiger partial charge in [-0.3, -0.25) is 9.69 Å². The number of amides is 1. The van der Waals surface area contributed by atoms with Gasteiger partial charge in [-0.1, -0.05) is 0 Å². The minimum absolute atomic E-state index is 0.0452. The summed E-state index contributed by atoms with van der Waals surface area (Å²) >= 11 is 0. The molecule has 0 unspecified atom stereocenters. The molecule has 6 nitrogen and oxygen atoms in total. The number of halogens is 2. The van der Waals surface area contributed by atoms with Crippen LogP contribution in [-0.4, -0.2) is 70.4 Å². The summed E-state index contributed by atoms with van der Waals surface area (Å²) in [6, 6.07) is 1.35. The van der Waals surface area contributed by atoms with E-state index in [0.717, 1.165) is 39.1 Å². The summed E-state index contributed by atoms with van der Waals surface area (Å²) in [7, 11) is 0. The number of hydrogen-bond donors (Lipinski definition) is 0. The van der Waals surface area contributed by atoms with Crippen LogP contribution in [0.3, 0.4) is 0 Å². The molecule has 128 valence electrons. The molecular formula is C15H22F2N4O2. The number of aromatic nitrogens is 2. The highest BCUT2D eigenvalue weighted by atomic mass is 19.3. The van der Waals surface area contributed by atoms with Crippen LogP contribution in [0.4, 0.5) is 8.78 Å². The van der Waals surface area contributed by atoms with Crippen molar-refractivity contribution in [1.29, 1.82) is 0 Å². The van der Waals surface area contributed by atoms with E-state index in [9.17, 15) is 13.6 Å². The second kappa shape index (κ2) is 6.52. The number of ether oxygens (including phenoxy) is 1. The molecule has 0 atom stereocenters. The van der Waals surface area contributed by atoms with Gasteiger partial charge in [-0.15, -0.1) is 0 Å². The van der Waals surface area contributed by atoms with Crippen molar-refractivity contribution in [3.8, 4) is 0 Å². The molecule has 2 aliphatic rings. The average molecular weight is 328 g/mol. The van der Waals surface area contributed by atoms with Gasteiger partial charge in [0.25, 0.3) is 5.91 Å². The third kappa shape index (κ3) is 3.23. The van der Waals surface area contributed by atoms with E-state index in [0.29, 0.717) is 17.8 Å². The van der Waals surface area contributed by atoms with Gasteiger partial charge < -0.3 is 9.64 Å². The van der Waals surface area contributed by atoms with E-state index >= 15 is 0 Å². The Hall–Kier alpha value is -1.54. The summed E-state index contributed by atoms with van der Waals surface area (Å²) in [6.07, 6.45) is 2.91. The van der Waals surface area contributed by atoms with Crippen LogP contribution in [0.1, 0.15) is 36.8 Å². The molecule has 0 spiro atoms. The summed E-state index contributed by atoms with van der Waals surface area (Å²) in [5.74, 6) is -0.369. The Bertz CT molecular complexity index is 549. The van der Waals surface area contributed by atoms with Gasteiger partial charge in [-0.25, -0.2) is 0 Å². The quantitative estimate of drug-likeness (QED) is 0.846. The highest BCUT2D eigenvalue weighted by Crippen LogP contribution is 2.30. The van der Waals surface area contributed by atoms with Crippen molar-refractivity contribution in [2.24, 2.45) is 0 Å². The van der Waals surface area contributed by atoms with Gasteiger partial charge >= 0.3 is 6.55 Å². The molecule has 1 amide bonds. The van der Waals surface area contributed by atoms with Crippen LogP contribution in [0.15, 0.2) is 12.3 Å². The Morgan fingerprint density at radius 1 is 1.26 bits per heavy atom. The van der Waals surface area contributed by atoms with Crippen molar-refractivity contribution in [3.05, 3.63) is 18.0 Å². The smallest absolute Gasteiger partial charge is 0.333 e. The van der Waals surface area contributed by atoms with Gasteiger partial charge in [0.2, 0.25) is 0 Å². The van der Waals surface area contributed by atoms with E-state index in [2.05, 4.69) is 16.9 Å². The lowest BCUT2D eigenvalue weighted by Gasteiger charge is -2.48. The number of carbonyl (C=O) groups excluding carboxylic acids is 1. The highest BCUT2D eigenvalue weighted by Gasteiger charge is 2.38. The summed E-state index contributed by atoms with van der Waals surface area (Å²) < 4.78 is 31.6. The molecule has 0 saturated carbocycles. The summed E-state index contributed by atoms with van der Waals surface area (Å²) in [6.45, 7) is 3.85. The third-order valence-electron chi connectivity index (χ3n) is 4.98. The van der Waals surface area contributed by atoms with Gasteiger partial charge in [0.05, 0.1) is 13.2 Å². The maximum Gasteiger partial charge on any atom is 0.333 e. The van der Waals surface area contributed by atoms with E-state index in [1.165, 1.54) is 12.3 Å². The van der Waals surface area contributed by atoms with E-state index in [4.69, 9.17) is 4.74 Å². The standard InChI is InChI=1S/C15H22F2N4O2/c1-15(20-8-10-23-11-9-20)3-6-19(7-4-15)13(22)12-2-5-18-21(12)14(16)17/h2,5,14H,3-4,6-11H2,1H3. The third-order valence-corrected chi connectivity index (χ3v) is 4.98. The largest absolute Gasteiger partial charge is 0.379 e. The molecule has 2 aliphatic heterocycles. The number of hydrogen-bond acceptors (Lipinski definition) is 4. The van der Waals surface area contributed by atoms with Gasteiger partial charge in [-0.05, 0) is 25.8 Å². The number of nitrogens with zero attached hydrogens (tertiary/aromatic N) is 4. The fourth-order valence-corrected chi connectivity index (χ4v) is 3.41. The first-order chi connectivity index (χ1) is 11.0. The number of carbonyl (C=O) groups is 1. The number of alkyl halides is 2. The summed E-state index contributed by atoms with van der Waals surface area (Å²) in [5, 5.41) is 3.53. The zero-order valence-electron chi connectivity index (χ0n) is 13.3. The Morgan fingerprint density at radius 2 is 1.91 bits per heavy atom. The lowest BCUT2D eigenvalue weighted by atomic mass is 9.87. The molecule has 3 rings (SSSR count). The number of piperidine rings is 1. The second-order valence-electron chi connectivity index (χ2n) is 6.33. The van der Waals surface area contributed by atoms with Gasteiger partial charge in [0, 0.05) is 37.9 Å². The molecule has 0 aromatic carbocycles. The molecule has 2 fully saturated rings. The fraction of sp³-hybridized carbons (Fsp3) is 0.733. The SMILES string of the molecule is CC1(N2CCOCC2)CCN(C(=O)c2ccnn2C(F)F)CC1. The van der Waals surface area contributed by atoms with E-state index in [1.54, 1.807) is 4.90 Å². The van der Waals surface area contributed by atoms with Crippen LogP contribution in [0, 0.1) is 0 Å². The van der Waals surface area contributed by atoms with E-state index in [-0.39, 0.29) is 17.1 Å². The average Bonchev–Trinajstić information content (AvgIpc) is 3.06. The van der Waals surface area contributed by atoms with Crippen LogP contribution in [0.5, 0.6) is 0 Å². The van der Waals surface area contributed by atoms with Crippen molar-refractivity contribution in [1.82, 2.24) is 19.6 Å². The molecule has 0 bridgehead atoms.